The van der Waals surface area contributed by atoms with Crippen molar-refractivity contribution >= 4 is 12.1 Å². The highest BCUT2D eigenvalue weighted by Crippen LogP contribution is 2.01. The Bertz CT molecular complexity index is 161. The maximum atomic E-state index is 10.5. The molecule has 0 atom stereocenters. The van der Waals surface area contributed by atoms with Crippen LogP contribution in [0.25, 0.3) is 0 Å². The molecule has 0 aromatic carbocycles. The predicted octanol–water partition coefficient (Wildman–Crippen LogP) is 0.848. The van der Waals surface area contributed by atoms with Crippen LogP contribution in [0.2, 0.25) is 0 Å². The van der Waals surface area contributed by atoms with E-state index in [-0.39, 0.29) is 0 Å². The van der Waals surface area contributed by atoms with E-state index in [0.29, 0.717) is 12.0 Å². The molecule has 1 amide bonds. The Labute approximate surface area is 60.4 Å². The number of amides is 1. The summed E-state index contributed by atoms with van der Waals surface area (Å²) in [6.45, 7) is 1.96. The molecule has 3 N–H and O–H groups in total. The molecule has 0 unspecified atom stereocenters. The van der Waals surface area contributed by atoms with E-state index in [1.165, 1.54) is 6.08 Å². The normalized spacial score (nSPS) is 11.1. The summed E-state index contributed by atoms with van der Waals surface area (Å²) in [5.74, 6) is -0.426. The molecule has 0 spiro atoms. The van der Waals surface area contributed by atoms with Crippen LogP contribution in [0.15, 0.2) is 11.6 Å². The summed E-state index contributed by atoms with van der Waals surface area (Å²) in [7, 11) is 0. The van der Waals surface area contributed by atoms with E-state index >= 15 is 0 Å². The van der Waals surface area contributed by atoms with E-state index < -0.39 is 5.91 Å². The number of carbonyl (C=O) groups is 1. The molecule has 0 radical (unpaired) electrons. The second kappa shape index (κ2) is 4.73. The fourth-order valence-corrected chi connectivity index (χ4v) is 0.659. The predicted molar refractivity (Wildman–Crippen MR) is 41.0 cm³/mol. The third-order valence-corrected chi connectivity index (χ3v) is 1.12. The van der Waals surface area contributed by atoms with Crippen molar-refractivity contribution in [3.8, 4) is 0 Å². The van der Waals surface area contributed by atoms with Gasteiger partial charge in [-0.05, 0) is 12.5 Å². The van der Waals surface area contributed by atoms with Gasteiger partial charge in [-0.3, -0.25) is 4.79 Å². The monoisotopic (exact) mass is 140 g/mol. The number of rotatable bonds is 4. The Morgan fingerprint density at radius 3 is 2.60 bits per heavy atom. The van der Waals surface area contributed by atoms with Crippen LogP contribution < -0.4 is 5.73 Å². The van der Waals surface area contributed by atoms with Crippen molar-refractivity contribution in [3.63, 3.8) is 0 Å². The van der Waals surface area contributed by atoms with E-state index in [1.807, 2.05) is 6.92 Å². The number of hydrogen-bond donors (Lipinski definition) is 2. The fourth-order valence-electron chi connectivity index (χ4n) is 0.659. The minimum absolute atomic E-state index is 0.426. The number of hydrogen-bond acceptors (Lipinski definition) is 2. The quantitative estimate of drug-likeness (QED) is 0.441. The molecule has 0 fully saturated rings. The van der Waals surface area contributed by atoms with Gasteiger partial charge in [-0.2, -0.15) is 0 Å². The first-order chi connectivity index (χ1) is 4.72. The van der Waals surface area contributed by atoms with Crippen molar-refractivity contribution in [1.29, 1.82) is 5.41 Å². The summed E-state index contributed by atoms with van der Waals surface area (Å²) in [5.41, 5.74) is 5.52. The van der Waals surface area contributed by atoms with Crippen LogP contribution in [-0.4, -0.2) is 12.1 Å². The fraction of sp³-hybridized carbons (Fsp3) is 0.429. The van der Waals surface area contributed by atoms with Crippen LogP contribution in [0.4, 0.5) is 0 Å². The standard InChI is InChI=1S/C7H12N2O/c1-2-3-6(4-5-8)7(9)10/h4-5,8H,2-3H2,1H3,(H2,9,10)/b6-4-,8-5?. The van der Waals surface area contributed by atoms with Crippen LogP contribution in [0.5, 0.6) is 0 Å². The lowest BCUT2D eigenvalue weighted by atomic mass is 10.1. The van der Waals surface area contributed by atoms with Gasteiger partial charge in [-0.15, -0.1) is 0 Å². The first kappa shape index (κ1) is 8.88. The second-order valence-electron chi connectivity index (χ2n) is 1.97. The second-order valence-corrected chi connectivity index (χ2v) is 1.97. The average molecular weight is 140 g/mol. The lowest BCUT2D eigenvalue weighted by molar-refractivity contribution is -0.114. The summed E-state index contributed by atoms with van der Waals surface area (Å²) in [4.78, 5) is 10.5. The third-order valence-electron chi connectivity index (χ3n) is 1.12. The summed E-state index contributed by atoms with van der Waals surface area (Å²) in [6.07, 6.45) is 4.05. The Morgan fingerprint density at radius 1 is 1.70 bits per heavy atom. The van der Waals surface area contributed by atoms with Crippen LogP contribution in [0.3, 0.4) is 0 Å². The van der Waals surface area contributed by atoms with E-state index in [2.05, 4.69) is 0 Å². The summed E-state index contributed by atoms with van der Waals surface area (Å²) in [5, 5.41) is 6.70. The van der Waals surface area contributed by atoms with E-state index in [4.69, 9.17) is 11.1 Å². The van der Waals surface area contributed by atoms with Crippen LogP contribution in [-0.2, 0) is 4.79 Å². The van der Waals surface area contributed by atoms with Gasteiger partial charge >= 0.3 is 0 Å². The molecular weight excluding hydrogens is 128 g/mol. The van der Waals surface area contributed by atoms with Crippen molar-refractivity contribution in [2.24, 2.45) is 5.73 Å². The SMILES string of the molecule is CCC/C(=C/C=N)C(N)=O. The zero-order valence-corrected chi connectivity index (χ0v) is 6.05. The van der Waals surface area contributed by atoms with Crippen molar-refractivity contribution in [2.45, 2.75) is 19.8 Å². The molecule has 3 heteroatoms. The van der Waals surface area contributed by atoms with Crippen molar-refractivity contribution in [2.75, 3.05) is 0 Å². The smallest absolute Gasteiger partial charge is 0.244 e. The molecule has 0 aliphatic carbocycles. The first-order valence-electron chi connectivity index (χ1n) is 3.21. The molecule has 0 aliphatic heterocycles. The number of carbonyl (C=O) groups excluding carboxylic acids is 1. The Balaban J connectivity index is 4.11. The van der Waals surface area contributed by atoms with Crippen LogP contribution >= 0.6 is 0 Å². The van der Waals surface area contributed by atoms with Gasteiger partial charge < -0.3 is 11.1 Å². The third kappa shape index (κ3) is 3.02. The molecule has 0 heterocycles. The molecule has 0 aliphatic rings. The Kier molecular flexibility index (Phi) is 4.20. The minimum atomic E-state index is -0.426. The van der Waals surface area contributed by atoms with Crippen LogP contribution in [0, 0.1) is 5.41 Å². The van der Waals surface area contributed by atoms with Gasteiger partial charge in [-0.1, -0.05) is 13.3 Å². The highest BCUT2D eigenvalue weighted by atomic mass is 16.1. The average Bonchev–Trinajstić information content (AvgIpc) is 1.87. The molecule has 56 valence electrons. The maximum Gasteiger partial charge on any atom is 0.244 e. The molecule has 10 heavy (non-hydrogen) atoms. The van der Waals surface area contributed by atoms with Crippen LogP contribution in [0.1, 0.15) is 19.8 Å². The van der Waals surface area contributed by atoms with Gasteiger partial charge in [0, 0.05) is 11.8 Å². The lowest BCUT2D eigenvalue weighted by Gasteiger charge is -1.96. The zero-order valence-electron chi connectivity index (χ0n) is 6.05. The highest BCUT2D eigenvalue weighted by Gasteiger charge is 2.00. The number of nitrogens with one attached hydrogen (secondary N) is 1. The molecule has 0 bridgehead atoms. The highest BCUT2D eigenvalue weighted by molar-refractivity contribution is 5.95. The lowest BCUT2D eigenvalue weighted by Crippen LogP contribution is -2.13. The van der Waals surface area contributed by atoms with Crippen molar-refractivity contribution < 1.29 is 4.79 Å². The number of allylic oxidation sites excluding steroid dienone is 1. The zero-order chi connectivity index (χ0) is 7.98. The maximum absolute atomic E-state index is 10.5. The van der Waals surface area contributed by atoms with Gasteiger partial charge in [-0.25, -0.2) is 0 Å². The van der Waals surface area contributed by atoms with E-state index in [0.717, 1.165) is 12.6 Å². The minimum Gasteiger partial charge on any atom is -0.366 e. The molecule has 0 aromatic rings. The van der Waals surface area contributed by atoms with Gasteiger partial charge in [0.05, 0.1) is 0 Å². The molecule has 0 aromatic heterocycles. The van der Waals surface area contributed by atoms with Gasteiger partial charge in [0.1, 0.15) is 0 Å². The van der Waals surface area contributed by atoms with E-state index in [9.17, 15) is 4.79 Å². The molecule has 0 rings (SSSR count). The summed E-state index contributed by atoms with van der Waals surface area (Å²) in [6, 6.07) is 0. The summed E-state index contributed by atoms with van der Waals surface area (Å²) >= 11 is 0. The molecule has 0 saturated heterocycles. The summed E-state index contributed by atoms with van der Waals surface area (Å²) < 4.78 is 0. The molecular formula is C7H12N2O. The van der Waals surface area contributed by atoms with Gasteiger partial charge in [0.25, 0.3) is 0 Å². The van der Waals surface area contributed by atoms with Crippen molar-refractivity contribution in [1.82, 2.24) is 0 Å². The topological polar surface area (TPSA) is 66.9 Å². The number of primary amides is 1. The molecule has 0 saturated carbocycles. The van der Waals surface area contributed by atoms with Crippen molar-refractivity contribution in [3.05, 3.63) is 11.6 Å². The van der Waals surface area contributed by atoms with E-state index in [1.54, 1.807) is 0 Å². The van der Waals surface area contributed by atoms with Gasteiger partial charge in [0.15, 0.2) is 0 Å². The molecule has 3 nitrogen and oxygen atoms in total. The Hall–Kier alpha value is -1.12. The number of nitrogens with two attached hydrogens (primary N) is 1. The largest absolute Gasteiger partial charge is 0.366 e. The first-order valence-corrected chi connectivity index (χ1v) is 3.21. The Morgan fingerprint density at radius 2 is 2.30 bits per heavy atom. The van der Waals surface area contributed by atoms with Gasteiger partial charge in [0.2, 0.25) is 5.91 Å².